The summed E-state index contributed by atoms with van der Waals surface area (Å²) in [5.41, 5.74) is 0. The third-order valence-electron chi connectivity index (χ3n) is 3.62. The summed E-state index contributed by atoms with van der Waals surface area (Å²) >= 11 is 1.84. The summed E-state index contributed by atoms with van der Waals surface area (Å²) in [4.78, 5) is 1.17. The molecular formula is C15H22FNS. The molecule has 3 heteroatoms. The third kappa shape index (κ3) is 3.99. The second-order valence-corrected chi connectivity index (χ2v) is 6.11. The molecule has 1 aliphatic rings. The number of hydrogen-bond donors (Lipinski definition) is 1. The van der Waals surface area contributed by atoms with Gasteiger partial charge in [-0.05, 0) is 56.0 Å². The standard InChI is InChI=1S/C15H22FNS/c1-2-10-17-15(12-4-3-5-12)11-18-14-8-6-13(16)7-9-14/h6-9,12,15,17H,2-5,10-11H2,1H3. The fourth-order valence-electron chi connectivity index (χ4n) is 2.25. The van der Waals surface area contributed by atoms with Crippen molar-refractivity contribution >= 4 is 11.8 Å². The van der Waals surface area contributed by atoms with Crippen LogP contribution in [0.15, 0.2) is 29.2 Å². The molecule has 0 bridgehead atoms. The molecule has 1 fully saturated rings. The van der Waals surface area contributed by atoms with E-state index in [0.717, 1.165) is 18.2 Å². The van der Waals surface area contributed by atoms with Gasteiger partial charge in [0.05, 0.1) is 0 Å². The van der Waals surface area contributed by atoms with Crippen LogP contribution < -0.4 is 5.32 Å². The Morgan fingerprint density at radius 2 is 2.06 bits per heavy atom. The molecule has 1 aromatic carbocycles. The highest BCUT2D eigenvalue weighted by molar-refractivity contribution is 7.99. The Balaban J connectivity index is 1.82. The topological polar surface area (TPSA) is 12.0 Å². The number of hydrogen-bond acceptors (Lipinski definition) is 2. The van der Waals surface area contributed by atoms with E-state index >= 15 is 0 Å². The molecule has 1 N–H and O–H groups in total. The predicted octanol–water partition coefficient (Wildman–Crippen LogP) is 4.09. The minimum atomic E-state index is -0.154. The Labute approximate surface area is 114 Å². The van der Waals surface area contributed by atoms with Gasteiger partial charge in [-0.25, -0.2) is 4.39 Å². The van der Waals surface area contributed by atoms with Gasteiger partial charge in [0.1, 0.15) is 5.82 Å². The molecule has 1 aromatic rings. The number of rotatable bonds is 7. The van der Waals surface area contributed by atoms with Gasteiger partial charge in [-0.15, -0.1) is 11.8 Å². The van der Waals surface area contributed by atoms with E-state index < -0.39 is 0 Å². The zero-order valence-corrected chi connectivity index (χ0v) is 11.8. The smallest absolute Gasteiger partial charge is 0.123 e. The first-order chi connectivity index (χ1) is 8.79. The van der Waals surface area contributed by atoms with E-state index in [4.69, 9.17) is 0 Å². The molecule has 2 rings (SSSR count). The third-order valence-corrected chi connectivity index (χ3v) is 4.75. The largest absolute Gasteiger partial charge is 0.313 e. The van der Waals surface area contributed by atoms with Crippen molar-refractivity contribution in [1.82, 2.24) is 5.32 Å². The van der Waals surface area contributed by atoms with Gasteiger partial charge >= 0.3 is 0 Å². The number of benzene rings is 1. The molecule has 1 nitrogen and oxygen atoms in total. The maximum absolute atomic E-state index is 12.8. The predicted molar refractivity (Wildman–Crippen MR) is 76.5 cm³/mol. The van der Waals surface area contributed by atoms with Crippen molar-refractivity contribution in [2.45, 2.75) is 43.5 Å². The fourth-order valence-corrected chi connectivity index (χ4v) is 3.34. The van der Waals surface area contributed by atoms with E-state index in [9.17, 15) is 4.39 Å². The van der Waals surface area contributed by atoms with Crippen molar-refractivity contribution in [3.05, 3.63) is 30.1 Å². The van der Waals surface area contributed by atoms with Gasteiger partial charge < -0.3 is 5.32 Å². The van der Waals surface area contributed by atoms with Crippen molar-refractivity contribution in [2.75, 3.05) is 12.3 Å². The van der Waals surface area contributed by atoms with Gasteiger partial charge in [0, 0.05) is 16.7 Å². The first-order valence-corrected chi connectivity index (χ1v) is 7.90. The quantitative estimate of drug-likeness (QED) is 0.747. The molecule has 1 atom stereocenters. The summed E-state index contributed by atoms with van der Waals surface area (Å²) < 4.78 is 12.8. The van der Waals surface area contributed by atoms with Crippen LogP contribution >= 0.6 is 11.8 Å². The van der Waals surface area contributed by atoms with Crippen LogP contribution in [-0.4, -0.2) is 18.3 Å². The normalized spacial score (nSPS) is 17.4. The Hall–Kier alpha value is -0.540. The monoisotopic (exact) mass is 267 g/mol. The summed E-state index contributed by atoms with van der Waals surface area (Å²) in [6, 6.07) is 7.45. The summed E-state index contributed by atoms with van der Waals surface area (Å²) in [6.07, 6.45) is 5.30. The first kappa shape index (κ1) is 13.9. The SMILES string of the molecule is CCCNC(CSc1ccc(F)cc1)C1CCC1. The Kier molecular flexibility index (Phi) is 5.51. The average molecular weight is 267 g/mol. The summed E-state index contributed by atoms with van der Waals surface area (Å²) in [6.45, 7) is 3.31. The van der Waals surface area contributed by atoms with Crippen LogP contribution in [0.4, 0.5) is 4.39 Å². The van der Waals surface area contributed by atoms with Crippen LogP contribution in [0.5, 0.6) is 0 Å². The maximum atomic E-state index is 12.8. The molecule has 100 valence electrons. The molecular weight excluding hydrogens is 245 g/mol. The molecule has 0 saturated heterocycles. The zero-order chi connectivity index (χ0) is 12.8. The molecule has 0 aromatic heterocycles. The molecule has 0 amide bonds. The molecule has 0 aliphatic heterocycles. The lowest BCUT2D eigenvalue weighted by molar-refractivity contribution is 0.244. The van der Waals surface area contributed by atoms with Crippen molar-refractivity contribution < 1.29 is 4.39 Å². The van der Waals surface area contributed by atoms with Gasteiger partial charge in [-0.2, -0.15) is 0 Å². The Morgan fingerprint density at radius 3 is 2.61 bits per heavy atom. The molecule has 1 unspecified atom stereocenters. The van der Waals surface area contributed by atoms with Crippen LogP contribution in [0.3, 0.4) is 0 Å². The van der Waals surface area contributed by atoms with Crippen LogP contribution in [0.1, 0.15) is 32.6 Å². The van der Waals surface area contributed by atoms with Crippen LogP contribution in [0, 0.1) is 11.7 Å². The minimum absolute atomic E-state index is 0.154. The van der Waals surface area contributed by atoms with Crippen LogP contribution in [-0.2, 0) is 0 Å². The highest BCUT2D eigenvalue weighted by atomic mass is 32.2. The highest BCUT2D eigenvalue weighted by Crippen LogP contribution is 2.32. The van der Waals surface area contributed by atoms with E-state index in [1.807, 2.05) is 23.9 Å². The lowest BCUT2D eigenvalue weighted by Crippen LogP contribution is -2.41. The lowest BCUT2D eigenvalue weighted by Gasteiger charge is -2.34. The van der Waals surface area contributed by atoms with E-state index in [1.54, 1.807) is 12.1 Å². The Bertz CT molecular complexity index is 348. The molecule has 0 radical (unpaired) electrons. The Morgan fingerprint density at radius 1 is 1.33 bits per heavy atom. The van der Waals surface area contributed by atoms with Crippen molar-refractivity contribution in [3.63, 3.8) is 0 Å². The van der Waals surface area contributed by atoms with E-state index in [1.165, 1.54) is 30.6 Å². The number of halogens is 1. The lowest BCUT2D eigenvalue weighted by atomic mass is 9.80. The van der Waals surface area contributed by atoms with Crippen molar-refractivity contribution in [3.8, 4) is 0 Å². The summed E-state index contributed by atoms with van der Waals surface area (Å²) in [5, 5.41) is 3.66. The molecule has 1 saturated carbocycles. The van der Waals surface area contributed by atoms with Gasteiger partial charge in [-0.1, -0.05) is 13.3 Å². The number of thioether (sulfide) groups is 1. The average Bonchev–Trinajstić information content (AvgIpc) is 2.32. The maximum Gasteiger partial charge on any atom is 0.123 e. The fraction of sp³-hybridized carbons (Fsp3) is 0.600. The molecule has 0 heterocycles. The van der Waals surface area contributed by atoms with Crippen LogP contribution in [0.2, 0.25) is 0 Å². The molecule has 1 aliphatic carbocycles. The second kappa shape index (κ2) is 7.15. The summed E-state index contributed by atoms with van der Waals surface area (Å²) in [7, 11) is 0. The van der Waals surface area contributed by atoms with Crippen molar-refractivity contribution in [2.24, 2.45) is 5.92 Å². The minimum Gasteiger partial charge on any atom is -0.313 e. The van der Waals surface area contributed by atoms with E-state index in [0.29, 0.717) is 6.04 Å². The van der Waals surface area contributed by atoms with E-state index in [2.05, 4.69) is 12.2 Å². The van der Waals surface area contributed by atoms with Crippen LogP contribution in [0.25, 0.3) is 0 Å². The zero-order valence-electron chi connectivity index (χ0n) is 11.0. The second-order valence-electron chi connectivity index (χ2n) is 5.02. The van der Waals surface area contributed by atoms with Gasteiger partial charge in [-0.3, -0.25) is 0 Å². The van der Waals surface area contributed by atoms with Gasteiger partial charge in [0.2, 0.25) is 0 Å². The molecule has 18 heavy (non-hydrogen) atoms. The van der Waals surface area contributed by atoms with Crippen molar-refractivity contribution in [1.29, 1.82) is 0 Å². The highest BCUT2D eigenvalue weighted by Gasteiger charge is 2.26. The van der Waals surface area contributed by atoms with Gasteiger partial charge in [0.15, 0.2) is 0 Å². The van der Waals surface area contributed by atoms with Gasteiger partial charge in [0.25, 0.3) is 0 Å². The molecule has 0 spiro atoms. The summed E-state index contributed by atoms with van der Waals surface area (Å²) in [5.74, 6) is 1.79. The number of nitrogens with one attached hydrogen (secondary N) is 1. The first-order valence-electron chi connectivity index (χ1n) is 6.91. The van der Waals surface area contributed by atoms with E-state index in [-0.39, 0.29) is 5.82 Å².